The lowest BCUT2D eigenvalue weighted by molar-refractivity contribution is -0.145. The lowest BCUT2D eigenvalue weighted by Gasteiger charge is -2.22. The number of amides is 1. The Morgan fingerprint density at radius 2 is 1.85 bits per heavy atom. The summed E-state index contributed by atoms with van der Waals surface area (Å²) in [6.45, 7) is 7.12. The van der Waals surface area contributed by atoms with Crippen LogP contribution in [0.1, 0.15) is 33.1 Å². The fourth-order valence-corrected chi connectivity index (χ4v) is 1.87. The highest BCUT2D eigenvalue weighted by Gasteiger charge is 2.14. The minimum Gasteiger partial charge on any atom is -0.465 e. The van der Waals surface area contributed by atoms with E-state index < -0.39 is 0 Å². The van der Waals surface area contributed by atoms with Gasteiger partial charge in [-0.25, -0.2) is 0 Å². The molecule has 0 atom stereocenters. The average molecular weight is 287 g/mol. The van der Waals surface area contributed by atoms with E-state index in [2.05, 4.69) is 0 Å². The Balaban J connectivity index is 4.12. The van der Waals surface area contributed by atoms with Gasteiger partial charge in [0.05, 0.1) is 13.2 Å². The molecular formula is C14H29N3O3. The number of ether oxygens (including phenoxy) is 1. The van der Waals surface area contributed by atoms with Crippen molar-refractivity contribution in [2.24, 2.45) is 5.73 Å². The van der Waals surface area contributed by atoms with E-state index in [9.17, 15) is 9.59 Å². The molecule has 0 aromatic rings. The number of hydrogen-bond acceptors (Lipinski definition) is 5. The van der Waals surface area contributed by atoms with Gasteiger partial charge in [0, 0.05) is 26.6 Å². The fraction of sp³-hybridized carbons (Fsp3) is 0.857. The van der Waals surface area contributed by atoms with Crippen LogP contribution in [-0.2, 0) is 14.3 Å². The lowest BCUT2D eigenvalue weighted by Crippen LogP contribution is -2.36. The maximum absolute atomic E-state index is 11.9. The van der Waals surface area contributed by atoms with Crippen LogP contribution < -0.4 is 5.73 Å². The van der Waals surface area contributed by atoms with Crippen molar-refractivity contribution in [3.05, 3.63) is 0 Å². The number of nitrogens with zero attached hydrogens (tertiary/aromatic N) is 2. The van der Waals surface area contributed by atoms with E-state index >= 15 is 0 Å². The molecule has 0 aliphatic heterocycles. The maximum Gasteiger partial charge on any atom is 0.320 e. The van der Waals surface area contributed by atoms with Crippen LogP contribution in [0, 0.1) is 0 Å². The lowest BCUT2D eigenvalue weighted by atomic mass is 10.3. The Hall–Kier alpha value is -1.14. The first kappa shape index (κ1) is 18.9. The highest BCUT2D eigenvalue weighted by atomic mass is 16.5. The molecular weight excluding hydrogens is 258 g/mol. The van der Waals surface area contributed by atoms with Crippen molar-refractivity contribution in [1.82, 2.24) is 9.80 Å². The minimum absolute atomic E-state index is 0.0865. The number of carbonyl (C=O) groups is 2. The van der Waals surface area contributed by atoms with Crippen molar-refractivity contribution in [1.29, 1.82) is 0 Å². The van der Waals surface area contributed by atoms with E-state index in [0.717, 1.165) is 19.4 Å². The van der Waals surface area contributed by atoms with E-state index in [1.165, 1.54) is 0 Å². The van der Waals surface area contributed by atoms with Crippen LogP contribution >= 0.6 is 0 Å². The largest absolute Gasteiger partial charge is 0.465 e. The number of hydrogen-bond donors (Lipinski definition) is 1. The first-order valence-corrected chi connectivity index (χ1v) is 7.37. The van der Waals surface area contributed by atoms with Crippen LogP contribution in [0.15, 0.2) is 0 Å². The van der Waals surface area contributed by atoms with E-state index in [1.807, 2.05) is 11.8 Å². The Kier molecular flexibility index (Phi) is 11.0. The molecule has 0 heterocycles. The summed E-state index contributed by atoms with van der Waals surface area (Å²) in [5, 5.41) is 0. The predicted octanol–water partition coefficient (Wildman–Crippen LogP) is 0.459. The molecule has 0 fully saturated rings. The monoisotopic (exact) mass is 287 g/mol. The molecule has 0 rings (SSSR count). The van der Waals surface area contributed by atoms with Crippen molar-refractivity contribution >= 4 is 11.9 Å². The van der Waals surface area contributed by atoms with Crippen LogP contribution in [0.4, 0.5) is 0 Å². The average Bonchev–Trinajstić information content (AvgIpc) is 2.42. The summed E-state index contributed by atoms with van der Waals surface area (Å²) in [7, 11) is 1.79. The van der Waals surface area contributed by atoms with Crippen molar-refractivity contribution in [3.8, 4) is 0 Å². The summed E-state index contributed by atoms with van der Waals surface area (Å²) in [6.07, 6.45) is 2.17. The summed E-state index contributed by atoms with van der Waals surface area (Å²) >= 11 is 0. The molecule has 0 aliphatic rings. The van der Waals surface area contributed by atoms with Gasteiger partial charge in [-0.05, 0) is 32.9 Å². The van der Waals surface area contributed by atoms with Gasteiger partial charge in [0.25, 0.3) is 0 Å². The molecule has 0 spiro atoms. The van der Waals surface area contributed by atoms with Gasteiger partial charge in [0.1, 0.15) is 0 Å². The SMILES string of the molecule is CCCN(CCC(=O)N(C)CCCN)CC(=O)OCC. The molecule has 0 radical (unpaired) electrons. The standard InChI is InChI=1S/C14H29N3O3/c1-4-9-17(12-14(19)20-5-2)11-7-13(18)16(3)10-6-8-15/h4-12,15H2,1-3H3. The fourth-order valence-electron chi connectivity index (χ4n) is 1.87. The second kappa shape index (κ2) is 11.7. The van der Waals surface area contributed by atoms with Crippen LogP contribution in [0.2, 0.25) is 0 Å². The van der Waals surface area contributed by atoms with Crippen molar-refractivity contribution in [2.45, 2.75) is 33.1 Å². The van der Waals surface area contributed by atoms with E-state index in [-0.39, 0.29) is 18.4 Å². The Morgan fingerprint density at radius 3 is 2.40 bits per heavy atom. The zero-order chi connectivity index (χ0) is 15.4. The Bertz CT molecular complexity index is 285. The zero-order valence-corrected chi connectivity index (χ0v) is 13.1. The third kappa shape index (κ3) is 8.87. The third-order valence-corrected chi connectivity index (χ3v) is 2.96. The number of carbonyl (C=O) groups excluding carboxylic acids is 2. The van der Waals surface area contributed by atoms with Gasteiger partial charge in [-0.1, -0.05) is 6.92 Å². The molecule has 6 heteroatoms. The molecule has 0 aromatic carbocycles. The summed E-state index contributed by atoms with van der Waals surface area (Å²) in [5.74, 6) is -0.145. The quantitative estimate of drug-likeness (QED) is 0.559. The second-order valence-corrected chi connectivity index (χ2v) is 4.79. The summed E-state index contributed by atoms with van der Waals surface area (Å²) < 4.78 is 4.94. The number of rotatable bonds is 11. The molecule has 0 saturated heterocycles. The Morgan fingerprint density at radius 1 is 1.15 bits per heavy atom. The third-order valence-electron chi connectivity index (χ3n) is 2.96. The molecule has 0 aromatic heterocycles. The van der Waals surface area contributed by atoms with Crippen LogP contribution in [0.3, 0.4) is 0 Å². The smallest absolute Gasteiger partial charge is 0.320 e. The zero-order valence-electron chi connectivity index (χ0n) is 13.1. The number of nitrogens with two attached hydrogens (primary N) is 1. The predicted molar refractivity (Wildman–Crippen MR) is 79.3 cm³/mol. The second-order valence-electron chi connectivity index (χ2n) is 4.79. The van der Waals surface area contributed by atoms with Crippen LogP contribution in [0.25, 0.3) is 0 Å². The Labute approximate surface area is 122 Å². The molecule has 118 valence electrons. The van der Waals surface area contributed by atoms with E-state index in [4.69, 9.17) is 10.5 Å². The molecule has 0 saturated carbocycles. The topological polar surface area (TPSA) is 75.9 Å². The van der Waals surface area contributed by atoms with Gasteiger partial charge in [0.15, 0.2) is 0 Å². The van der Waals surface area contributed by atoms with Gasteiger partial charge < -0.3 is 15.4 Å². The van der Waals surface area contributed by atoms with Gasteiger partial charge in [0.2, 0.25) is 5.91 Å². The molecule has 0 unspecified atom stereocenters. The van der Waals surface area contributed by atoms with Gasteiger partial charge in [-0.3, -0.25) is 14.5 Å². The van der Waals surface area contributed by atoms with Gasteiger partial charge in [-0.2, -0.15) is 0 Å². The highest BCUT2D eigenvalue weighted by molar-refractivity contribution is 5.76. The van der Waals surface area contributed by atoms with E-state index in [1.54, 1.807) is 18.9 Å². The molecule has 0 aliphatic carbocycles. The summed E-state index contributed by atoms with van der Waals surface area (Å²) in [5.41, 5.74) is 5.42. The van der Waals surface area contributed by atoms with E-state index in [0.29, 0.717) is 32.7 Å². The normalized spacial score (nSPS) is 10.7. The van der Waals surface area contributed by atoms with Crippen LogP contribution in [-0.4, -0.2) is 68.1 Å². The highest BCUT2D eigenvalue weighted by Crippen LogP contribution is 1.99. The molecule has 0 bridgehead atoms. The van der Waals surface area contributed by atoms with Gasteiger partial charge in [-0.15, -0.1) is 0 Å². The summed E-state index contributed by atoms with van der Waals surface area (Å²) in [4.78, 5) is 27.0. The molecule has 20 heavy (non-hydrogen) atoms. The summed E-state index contributed by atoms with van der Waals surface area (Å²) in [6, 6.07) is 0. The number of esters is 1. The van der Waals surface area contributed by atoms with Crippen molar-refractivity contribution < 1.29 is 14.3 Å². The first-order valence-electron chi connectivity index (χ1n) is 7.37. The van der Waals surface area contributed by atoms with Crippen LogP contribution in [0.5, 0.6) is 0 Å². The molecule has 6 nitrogen and oxygen atoms in total. The van der Waals surface area contributed by atoms with Crippen molar-refractivity contribution in [3.63, 3.8) is 0 Å². The molecule has 1 amide bonds. The van der Waals surface area contributed by atoms with Crippen molar-refractivity contribution in [2.75, 3.05) is 46.4 Å². The maximum atomic E-state index is 11.9. The minimum atomic E-state index is -0.232. The molecule has 2 N–H and O–H groups in total. The van der Waals surface area contributed by atoms with Gasteiger partial charge >= 0.3 is 5.97 Å². The first-order chi connectivity index (χ1) is 9.54.